The lowest BCUT2D eigenvalue weighted by atomic mass is 10.1. The lowest BCUT2D eigenvalue weighted by Crippen LogP contribution is -2.15. The highest BCUT2D eigenvalue weighted by Crippen LogP contribution is 2.36. The van der Waals surface area contributed by atoms with Crippen molar-refractivity contribution in [1.29, 1.82) is 0 Å². The van der Waals surface area contributed by atoms with Crippen LogP contribution in [0.3, 0.4) is 0 Å². The van der Waals surface area contributed by atoms with Crippen LogP contribution >= 0.6 is 0 Å². The van der Waals surface area contributed by atoms with Gasteiger partial charge in [-0.1, -0.05) is 6.92 Å². The van der Waals surface area contributed by atoms with Gasteiger partial charge in [0.15, 0.2) is 0 Å². The molecule has 1 atom stereocenters. The van der Waals surface area contributed by atoms with Gasteiger partial charge in [0, 0.05) is 12.6 Å². The van der Waals surface area contributed by atoms with Crippen molar-refractivity contribution in [3.63, 3.8) is 0 Å². The van der Waals surface area contributed by atoms with Crippen molar-refractivity contribution in [2.45, 2.75) is 19.8 Å². The van der Waals surface area contributed by atoms with Gasteiger partial charge in [-0.25, -0.2) is 4.98 Å². The number of hydrogen-bond acceptors (Lipinski definition) is 5. The Morgan fingerprint density at radius 3 is 2.94 bits per heavy atom. The Labute approximate surface area is 99.4 Å². The Morgan fingerprint density at radius 2 is 2.35 bits per heavy atom. The minimum atomic E-state index is -0.448. The molecule has 1 unspecified atom stereocenters. The summed E-state index contributed by atoms with van der Waals surface area (Å²) >= 11 is 0. The fourth-order valence-corrected chi connectivity index (χ4v) is 1.83. The van der Waals surface area contributed by atoms with Crippen LogP contribution in [0.5, 0.6) is 0 Å². The lowest BCUT2D eigenvalue weighted by Gasteiger charge is -2.12. The van der Waals surface area contributed by atoms with Gasteiger partial charge in [-0.2, -0.15) is 0 Å². The van der Waals surface area contributed by atoms with Crippen molar-refractivity contribution < 1.29 is 4.92 Å². The van der Waals surface area contributed by atoms with Crippen LogP contribution < -0.4 is 11.1 Å². The van der Waals surface area contributed by atoms with Crippen molar-refractivity contribution in [1.82, 2.24) is 4.98 Å². The number of nitrogens with one attached hydrogen (secondary N) is 1. The summed E-state index contributed by atoms with van der Waals surface area (Å²) < 4.78 is 0. The van der Waals surface area contributed by atoms with Crippen LogP contribution in [0.2, 0.25) is 0 Å². The van der Waals surface area contributed by atoms with E-state index < -0.39 is 4.92 Å². The summed E-state index contributed by atoms with van der Waals surface area (Å²) in [5, 5.41) is 13.8. The molecular formula is C11H16N4O2. The lowest BCUT2D eigenvalue weighted by molar-refractivity contribution is -0.384. The molecule has 1 fully saturated rings. The fraction of sp³-hybridized carbons (Fsp3) is 0.545. The Bertz CT molecular complexity index is 431. The predicted octanol–water partition coefficient (Wildman–Crippen LogP) is 2.03. The van der Waals surface area contributed by atoms with Gasteiger partial charge in [0.2, 0.25) is 5.82 Å². The molecule has 6 heteroatoms. The van der Waals surface area contributed by atoms with E-state index in [1.807, 2.05) is 0 Å². The Balaban J connectivity index is 2.07. The Morgan fingerprint density at radius 1 is 1.65 bits per heavy atom. The van der Waals surface area contributed by atoms with E-state index in [0.29, 0.717) is 12.5 Å². The summed E-state index contributed by atoms with van der Waals surface area (Å²) in [5.74, 6) is 1.82. The maximum Gasteiger partial charge on any atom is 0.311 e. The zero-order valence-electron chi connectivity index (χ0n) is 9.72. The Hall–Kier alpha value is -1.85. The van der Waals surface area contributed by atoms with E-state index in [0.717, 1.165) is 5.92 Å². The molecule has 3 N–H and O–H groups in total. The first-order valence-corrected chi connectivity index (χ1v) is 5.72. The molecule has 92 valence electrons. The predicted molar refractivity (Wildman–Crippen MR) is 65.7 cm³/mol. The third-order valence-electron chi connectivity index (χ3n) is 3.11. The number of nitrogens with zero attached hydrogens (tertiary/aromatic N) is 2. The van der Waals surface area contributed by atoms with E-state index in [9.17, 15) is 10.1 Å². The van der Waals surface area contributed by atoms with E-state index in [1.54, 1.807) is 0 Å². The van der Waals surface area contributed by atoms with Crippen molar-refractivity contribution >= 4 is 17.3 Å². The van der Waals surface area contributed by atoms with Crippen LogP contribution in [-0.4, -0.2) is 16.5 Å². The Kier molecular flexibility index (Phi) is 3.12. The van der Waals surface area contributed by atoms with Crippen molar-refractivity contribution in [3.05, 3.63) is 22.2 Å². The second-order valence-electron chi connectivity index (χ2n) is 4.56. The zero-order chi connectivity index (χ0) is 12.4. The van der Waals surface area contributed by atoms with Gasteiger partial charge in [-0.15, -0.1) is 0 Å². The second-order valence-corrected chi connectivity index (χ2v) is 4.56. The summed E-state index contributed by atoms with van der Waals surface area (Å²) in [6, 6.07) is 2.82. The van der Waals surface area contributed by atoms with Crippen LogP contribution in [0.1, 0.15) is 19.8 Å². The fourth-order valence-electron chi connectivity index (χ4n) is 1.83. The van der Waals surface area contributed by atoms with Crippen LogP contribution in [-0.2, 0) is 0 Å². The maximum absolute atomic E-state index is 10.8. The first kappa shape index (κ1) is 11.6. The van der Waals surface area contributed by atoms with Gasteiger partial charge in [0.25, 0.3) is 0 Å². The molecule has 0 amide bonds. The molecule has 2 rings (SSSR count). The summed E-state index contributed by atoms with van der Waals surface area (Å²) in [7, 11) is 0. The third kappa shape index (κ3) is 2.83. The van der Waals surface area contributed by atoms with Gasteiger partial charge >= 0.3 is 5.69 Å². The topological polar surface area (TPSA) is 94.1 Å². The molecule has 1 heterocycles. The molecule has 1 aliphatic rings. The van der Waals surface area contributed by atoms with Gasteiger partial charge in [-0.05, 0) is 30.7 Å². The van der Waals surface area contributed by atoms with E-state index in [1.165, 1.54) is 25.0 Å². The molecule has 0 bridgehead atoms. The number of rotatable bonds is 5. The third-order valence-corrected chi connectivity index (χ3v) is 3.11. The van der Waals surface area contributed by atoms with Gasteiger partial charge in [-0.3, -0.25) is 10.1 Å². The molecule has 1 aromatic heterocycles. The van der Waals surface area contributed by atoms with Gasteiger partial charge in [0.1, 0.15) is 5.82 Å². The molecule has 0 saturated heterocycles. The first-order chi connectivity index (χ1) is 8.08. The average molecular weight is 236 g/mol. The molecule has 0 radical (unpaired) electrons. The molecule has 1 aromatic rings. The molecule has 17 heavy (non-hydrogen) atoms. The SMILES string of the molecule is CC(CNc1nc(N)ccc1[N+](=O)[O-])C1CC1. The first-order valence-electron chi connectivity index (χ1n) is 5.72. The van der Waals surface area contributed by atoms with E-state index >= 15 is 0 Å². The van der Waals surface area contributed by atoms with Crippen molar-refractivity contribution in [2.75, 3.05) is 17.6 Å². The number of hydrogen-bond donors (Lipinski definition) is 2. The standard InChI is InChI=1S/C11H16N4O2/c1-7(8-2-3-8)6-13-11-9(15(16)17)4-5-10(12)14-11/h4-5,7-8H,2-3,6H2,1H3,(H3,12,13,14). The minimum Gasteiger partial charge on any atom is -0.384 e. The number of nitro groups is 1. The summed E-state index contributed by atoms with van der Waals surface area (Å²) in [5.41, 5.74) is 5.51. The van der Waals surface area contributed by atoms with Crippen molar-refractivity contribution in [3.8, 4) is 0 Å². The van der Waals surface area contributed by atoms with E-state index in [2.05, 4.69) is 17.2 Å². The highest BCUT2D eigenvalue weighted by Gasteiger charge is 2.28. The number of pyridine rings is 1. The highest BCUT2D eigenvalue weighted by atomic mass is 16.6. The quantitative estimate of drug-likeness (QED) is 0.602. The highest BCUT2D eigenvalue weighted by molar-refractivity contribution is 5.59. The van der Waals surface area contributed by atoms with Crippen LogP contribution in [0, 0.1) is 22.0 Å². The summed E-state index contributed by atoms with van der Waals surface area (Å²) in [6.07, 6.45) is 2.52. The minimum absolute atomic E-state index is 0.0257. The van der Waals surface area contributed by atoms with Crippen molar-refractivity contribution in [2.24, 2.45) is 11.8 Å². The van der Waals surface area contributed by atoms with Crippen LogP contribution in [0.25, 0.3) is 0 Å². The molecule has 1 saturated carbocycles. The largest absolute Gasteiger partial charge is 0.384 e. The van der Waals surface area contributed by atoms with Crippen LogP contribution in [0.4, 0.5) is 17.3 Å². The van der Waals surface area contributed by atoms with E-state index in [-0.39, 0.29) is 17.3 Å². The average Bonchev–Trinajstić information content (AvgIpc) is 3.09. The zero-order valence-corrected chi connectivity index (χ0v) is 9.72. The van der Waals surface area contributed by atoms with Gasteiger partial charge in [0.05, 0.1) is 4.92 Å². The summed E-state index contributed by atoms with van der Waals surface area (Å²) in [6.45, 7) is 2.84. The van der Waals surface area contributed by atoms with Gasteiger partial charge < -0.3 is 11.1 Å². The monoisotopic (exact) mass is 236 g/mol. The molecular weight excluding hydrogens is 220 g/mol. The number of nitrogens with two attached hydrogens (primary N) is 1. The number of anilines is 2. The number of aromatic nitrogens is 1. The maximum atomic E-state index is 10.8. The van der Waals surface area contributed by atoms with Crippen LogP contribution in [0.15, 0.2) is 12.1 Å². The summed E-state index contributed by atoms with van der Waals surface area (Å²) in [4.78, 5) is 14.3. The molecule has 0 spiro atoms. The molecule has 1 aliphatic carbocycles. The smallest absolute Gasteiger partial charge is 0.311 e. The normalized spacial score (nSPS) is 16.5. The second kappa shape index (κ2) is 4.57. The molecule has 0 aliphatic heterocycles. The van der Waals surface area contributed by atoms with E-state index in [4.69, 9.17) is 5.73 Å². The molecule has 0 aromatic carbocycles. The number of nitrogen functional groups attached to an aromatic ring is 1. The molecule has 6 nitrogen and oxygen atoms in total.